The lowest BCUT2D eigenvalue weighted by Crippen LogP contribution is -2.42. The van der Waals surface area contributed by atoms with E-state index in [2.05, 4.69) is 0 Å². The zero-order valence-electron chi connectivity index (χ0n) is 20.9. The van der Waals surface area contributed by atoms with Gasteiger partial charge < -0.3 is 19.1 Å². The van der Waals surface area contributed by atoms with Gasteiger partial charge in [-0.05, 0) is 57.4 Å². The monoisotopic (exact) mass is 501 g/mol. The molecule has 0 saturated carbocycles. The van der Waals surface area contributed by atoms with Crippen molar-refractivity contribution in [1.82, 2.24) is 4.90 Å². The van der Waals surface area contributed by atoms with E-state index in [0.717, 1.165) is 31.2 Å². The number of hydrogen-bond donors (Lipinski definition) is 0. The van der Waals surface area contributed by atoms with Crippen molar-refractivity contribution in [2.45, 2.75) is 64.6 Å². The molecule has 0 bridgehead atoms. The molecule has 1 aliphatic rings. The summed E-state index contributed by atoms with van der Waals surface area (Å²) in [6.45, 7) is 7.69. The molecule has 0 aromatic heterocycles. The number of benzene rings is 2. The van der Waals surface area contributed by atoms with Gasteiger partial charge in [0.05, 0.1) is 30.3 Å². The largest absolute Gasteiger partial charge is 0.494 e. The molecule has 1 atom stereocenters. The second kappa shape index (κ2) is 12.9. The van der Waals surface area contributed by atoms with Crippen molar-refractivity contribution in [3.05, 3.63) is 64.7 Å². The minimum atomic E-state index is -0.431. The first-order valence-corrected chi connectivity index (χ1v) is 12.7. The molecule has 1 fully saturated rings. The Morgan fingerprint density at radius 2 is 1.80 bits per heavy atom. The summed E-state index contributed by atoms with van der Waals surface area (Å²) in [6, 6.07) is 15.2. The first-order chi connectivity index (χ1) is 16.7. The van der Waals surface area contributed by atoms with Crippen molar-refractivity contribution < 1.29 is 23.8 Å². The zero-order chi connectivity index (χ0) is 25.3. The molecule has 7 heteroatoms. The van der Waals surface area contributed by atoms with E-state index in [-0.39, 0.29) is 18.0 Å². The number of amides is 1. The lowest BCUT2D eigenvalue weighted by Gasteiger charge is -2.33. The molecule has 2 aromatic rings. The van der Waals surface area contributed by atoms with Crippen LogP contribution in [0, 0.1) is 0 Å². The number of unbranched alkanes of at least 4 members (excludes halogenated alkanes) is 3. The number of carbonyl (C=O) groups is 2. The molecular formula is C28H36ClNO5. The molecular weight excluding hydrogens is 466 g/mol. The van der Waals surface area contributed by atoms with Crippen LogP contribution in [0.3, 0.4) is 0 Å². The van der Waals surface area contributed by atoms with Gasteiger partial charge in [0.2, 0.25) is 0 Å². The van der Waals surface area contributed by atoms with Gasteiger partial charge >= 0.3 is 5.97 Å². The minimum Gasteiger partial charge on any atom is -0.494 e. The van der Waals surface area contributed by atoms with Gasteiger partial charge in [0, 0.05) is 13.0 Å². The third-order valence-corrected chi connectivity index (χ3v) is 5.97. The number of nitrogens with zero attached hydrogens (tertiary/aromatic N) is 1. The molecule has 0 spiro atoms. The predicted molar refractivity (Wildman–Crippen MR) is 137 cm³/mol. The normalized spacial score (nSPS) is 16.1. The zero-order valence-corrected chi connectivity index (χ0v) is 21.7. The Bertz CT molecular complexity index is 973. The van der Waals surface area contributed by atoms with E-state index in [1.54, 1.807) is 23.1 Å². The van der Waals surface area contributed by atoms with Crippen LogP contribution in [0.15, 0.2) is 48.5 Å². The van der Waals surface area contributed by atoms with Crippen LogP contribution >= 0.6 is 11.6 Å². The maximum absolute atomic E-state index is 13.1. The maximum Gasteiger partial charge on any atom is 0.306 e. The molecule has 1 amide bonds. The van der Waals surface area contributed by atoms with Crippen LogP contribution in [0.5, 0.6) is 5.75 Å². The van der Waals surface area contributed by atoms with E-state index >= 15 is 0 Å². The molecule has 1 unspecified atom stereocenters. The quantitative estimate of drug-likeness (QED) is 0.285. The van der Waals surface area contributed by atoms with Gasteiger partial charge in [-0.25, -0.2) is 0 Å². The predicted octanol–water partition coefficient (Wildman–Crippen LogP) is 6.22. The van der Waals surface area contributed by atoms with E-state index in [1.807, 2.05) is 51.1 Å². The standard InChI is InChI=1S/C28H36ClNO5/c1-28(2,3)35-26(31)13-9-4-5-10-17-33-22-14-15-23(24(29)19-22)27(32)30-16-18-34-25(20-30)21-11-7-6-8-12-21/h6-8,11-12,14-15,19,25H,4-5,9-10,13,16-18,20H2,1-3H3. The van der Waals surface area contributed by atoms with E-state index in [9.17, 15) is 9.59 Å². The van der Waals surface area contributed by atoms with E-state index in [0.29, 0.717) is 49.1 Å². The van der Waals surface area contributed by atoms with E-state index < -0.39 is 5.60 Å². The summed E-state index contributed by atoms with van der Waals surface area (Å²) in [5, 5.41) is 0.382. The Balaban J connectivity index is 1.40. The fraction of sp³-hybridized carbons (Fsp3) is 0.500. The Labute approximate surface area is 213 Å². The number of hydrogen-bond acceptors (Lipinski definition) is 5. The van der Waals surface area contributed by atoms with Crippen molar-refractivity contribution in [3.8, 4) is 5.75 Å². The molecule has 1 saturated heterocycles. The van der Waals surface area contributed by atoms with Gasteiger partial charge in [-0.15, -0.1) is 0 Å². The molecule has 1 heterocycles. The third-order valence-electron chi connectivity index (χ3n) is 5.66. The molecule has 1 aliphatic heterocycles. The summed E-state index contributed by atoms with van der Waals surface area (Å²) in [6.07, 6.45) is 3.90. The van der Waals surface area contributed by atoms with E-state index in [1.165, 1.54) is 0 Å². The summed E-state index contributed by atoms with van der Waals surface area (Å²) < 4.78 is 17.0. The van der Waals surface area contributed by atoms with Crippen molar-refractivity contribution in [3.63, 3.8) is 0 Å². The fourth-order valence-corrected chi connectivity index (χ4v) is 4.19. The highest BCUT2D eigenvalue weighted by Gasteiger charge is 2.27. The number of esters is 1. The average Bonchev–Trinajstić information content (AvgIpc) is 2.82. The molecule has 190 valence electrons. The molecule has 0 radical (unpaired) electrons. The van der Waals surface area contributed by atoms with Crippen molar-refractivity contribution in [2.24, 2.45) is 0 Å². The lowest BCUT2D eigenvalue weighted by molar-refractivity contribution is -0.154. The van der Waals surface area contributed by atoms with Crippen LogP contribution in [0.2, 0.25) is 5.02 Å². The summed E-state index contributed by atoms with van der Waals surface area (Å²) in [5.74, 6) is 0.394. The highest BCUT2D eigenvalue weighted by molar-refractivity contribution is 6.34. The van der Waals surface area contributed by atoms with Crippen molar-refractivity contribution in [1.29, 1.82) is 0 Å². The summed E-state index contributed by atoms with van der Waals surface area (Å²) in [7, 11) is 0. The van der Waals surface area contributed by atoms with Crippen LogP contribution in [-0.4, -0.2) is 48.7 Å². The van der Waals surface area contributed by atoms with Gasteiger partial charge in [0.1, 0.15) is 17.5 Å². The molecule has 0 aliphatic carbocycles. The van der Waals surface area contributed by atoms with Gasteiger partial charge in [-0.1, -0.05) is 54.8 Å². The van der Waals surface area contributed by atoms with Crippen molar-refractivity contribution >= 4 is 23.5 Å². The van der Waals surface area contributed by atoms with Crippen LogP contribution in [0.1, 0.15) is 74.9 Å². The number of carbonyl (C=O) groups excluding carboxylic acids is 2. The number of morpholine rings is 1. The first kappa shape index (κ1) is 27.0. The average molecular weight is 502 g/mol. The molecule has 6 nitrogen and oxygen atoms in total. The van der Waals surface area contributed by atoms with Gasteiger partial charge in [-0.3, -0.25) is 9.59 Å². The maximum atomic E-state index is 13.1. The van der Waals surface area contributed by atoms with E-state index in [4.69, 9.17) is 25.8 Å². The van der Waals surface area contributed by atoms with Gasteiger partial charge in [0.25, 0.3) is 5.91 Å². The Kier molecular flexibility index (Phi) is 9.99. The smallest absolute Gasteiger partial charge is 0.306 e. The second-order valence-electron chi connectivity index (χ2n) is 9.76. The molecule has 0 N–H and O–H groups in total. The number of ether oxygens (including phenoxy) is 3. The SMILES string of the molecule is CC(C)(C)OC(=O)CCCCCCOc1ccc(C(=O)N2CCOC(c3ccccc3)C2)c(Cl)c1. The lowest BCUT2D eigenvalue weighted by atomic mass is 10.1. The number of halogens is 1. The van der Waals surface area contributed by atoms with Gasteiger partial charge in [-0.2, -0.15) is 0 Å². The molecule has 35 heavy (non-hydrogen) atoms. The summed E-state index contributed by atoms with van der Waals surface area (Å²) in [4.78, 5) is 26.6. The van der Waals surface area contributed by atoms with Crippen molar-refractivity contribution in [2.75, 3.05) is 26.3 Å². The number of rotatable bonds is 10. The van der Waals surface area contributed by atoms with Crippen LogP contribution in [0.25, 0.3) is 0 Å². The highest BCUT2D eigenvalue weighted by Crippen LogP contribution is 2.27. The van der Waals surface area contributed by atoms with Crippen LogP contribution in [-0.2, 0) is 14.3 Å². The Hall–Kier alpha value is -2.57. The third kappa shape index (κ3) is 8.86. The highest BCUT2D eigenvalue weighted by atomic mass is 35.5. The van der Waals surface area contributed by atoms with Gasteiger partial charge in [0.15, 0.2) is 0 Å². The molecule has 3 rings (SSSR count). The van der Waals surface area contributed by atoms with Crippen LogP contribution < -0.4 is 4.74 Å². The fourth-order valence-electron chi connectivity index (χ4n) is 3.94. The summed E-state index contributed by atoms with van der Waals surface area (Å²) >= 11 is 6.45. The summed E-state index contributed by atoms with van der Waals surface area (Å²) in [5.41, 5.74) is 1.10. The Morgan fingerprint density at radius 1 is 1.06 bits per heavy atom. The minimum absolute atomic E-state index is 0.101. The molecule has 2 aromatic carbocycles. The Morgan fingerprint density at radius 3 is 2.51 bits per heavy atom. The first-order valence-electron chi connectivity index (χ1n) is 12.3. The topological polar surface area (TPSA) is 65.1 Å². The second-order valence-corrected chi connectivity index (χ2v) is 10.2. The van der Waals surface area contributed by atoms with Crippen LogP contribution in [0.4, 0.5) is 0 Å².